The normalized spacial score (nSPS) is 16.6. The third-order valence-corrected chi connectivity index (χ3v) is 5.53. The first-order valence-corrected chi connectivity index (χ1v) is 9.95. The number of benzene rings is 1. The first-order chi connectivity index (χ1) is 13.4. The molecule has 1 atom stereocenters. The molecule has 4 rings (SSSR count). The Morgan fingerprint density at radius 3 is 2.89 bits per heavy atom. The van der Waals surface area contributed by atoms with Gasteiger partial charge in [-0.1, -0.05) is 23.9 Å². The van der Waals surface area contributed by atoms with Crippen molar-refractivity contribution in [1.29, 1.82) is 0 Å². The molecule has 1 N–H and O–H groups in total. The SMILES string of the molecule is Cc1cc(C)n2c(SCC(=O)N3c4ccccc4NC(=O)CC3C)nnc2n1. The van der Waals surface area contributed by atoms with Gasteiger partial charge < -0.3 is 10.2 Å². The Kier molecular flexibility index (Phi) is 4.76. The second-order valence-corrected chi connectivity index (χ2v) is 7.77. The maximum absolute atomic E-state index is 13.1. The lowest BCUT2D eigenvalue weighted by molar-refractivity contribution is -0.117. The van der Waals surface area contributed by atoms with Crippen molar-refractivity contribution in [2.24, 2.45) is 0 Å². The van der Waals surface area contributed by atoms with E-state index in [0.29, 0.717) is 22.3 Å². The highest BCUT2D eigenvalue weighted by Crippen LogP contribution is 2.32. The summed E-state index contributed by atoms with van der Waals surface area (Å²) in [6, 6.07) is 9.07. The van der Waals surface area contributed by atoms with Gasteiger partial charge in [-0.2, -0.15) is 0 Å². The minimum absolute atomic E-state index is 0.0871. The zero-order chi connectivity index (χ0) is 19.8. The van der Waals surface area contributed by atoms with Crippen molar-refractivity contribution in [1.82, 2.24) is 19.6 Å². The number of hydrogen-bond acceptors (Lipinski definition) is 6. The average Bonchev–Trinajstić information content (AvgIpc) is 2.98. The molecule has 0 radical (unpaired) electrons. The van der Waals surface area contributed by atoms with Gasteiger partial charge in [-0.3, -0.25) is 14.0 Å². The van der Waals surface area contributed by atoms with Crippen LogP contribution in [0.4, 0.5) is 11.4 Å². The number of nitrogens with zero attached hydrogens (tertiary/aromatic N) is 5. The summed E-state index contributed by atoms with van der Waals surface area (Å²) in [5.41, 5.74) is 3.20. The molecule has 2 amide bonds. The molecule has 1 unspecified atom stereocenters. The molecule has 0 bridgehead atoms. The zero-order valence-corrected chi connectivity index (χ0v) is 16.7. The summed E-state index contributed by atoms with van der Waals surface area (Å²) in [6.07, 6.45) is 0.251. The Labute approximate surface area is 166 Å². The maximum Gasteiger partial charge on any atom is 0.256 e. The Hall–Kier alpha value is -2.94. The van der Waals surface area contributed by atoms with Crippen LogP contribution in [0.3, 0.4) is 0 Å². The smallest absolute Gasteiger partial charge is 0.256 e. The van der Waals surface area contributed by atoms with Gasteiger partial charge in [-0.15, -0.1) is 10.2 Å². The fourth-order valence-electron chi connectivity index (χ4n) is 3.46. The topological polar surface area (TPSA) is 92.5 Å². The lowest BCUT2D eigenvalue weighted by Gasteiger charge is -2.27. The molecule has 0 saturated carbocycles. The number of thioether (sulfide) groups is 1. The van der Waals surface area contributed by atoms with Gasteiger partial charge in [0.05, 0.1) is 17.1 Å². The molecule has 0 spiro atoms. The summed E-state index contributed by atoms with van der Waals surface area (Å²) in [4.78, 5) is 31.3. The van der Waals surface area contributed by atoms with Crippen molar-refractivity contribution in [2.75, 3.05) is 16.0 Å². The Bertz CT molecular complexity index is 1080. The number of amides is 2. The number of aryl methyl sites for hydroxylation is 2. The molecule has 2 aromatic heterocycles. The summed E-state index contributed by atoms with van der Waals surface area (Å²) in [5.74, 6) is 0.524. The number of hydrogen-bond donors (Lipinski definition) is 1. The fourth-order valence-corrected chi connectivity index (χ4v) is 4.30. The van der Waals surface area contributed by atoms with Crippen LogP contribution in [-0.2, 0) is 9.59 Å². The molecule has 0 aliphatic carbocycles. The Balaban J connectivity index is 1.60. The molecule has 0 saturated heterocycles. The van der Waals surface area contributed by atoms with Crippen molar-refractivity contribution in [2.45, 2.75) is 38.4 Å². The Morgan fingerprint density at radius 1 is 1.29 bits per heavy atom. The number of fused-ring (bicyclic) bond motifs is 2. The second-order valence-electron chi connectivity index (χ2n) is 6.83. The van der Waals surface area contributed by atoms with E-state index in [1.807, 2.05) is 55.5 Å². The molecule has 8 nitrogen and oxygen atoms in total. The van der Waals surface area contributed by atoms with Gasteiger partial charge in [0.15, 0.2) is 5.16 Å². The third kappa shape index (κ3) is 3.33. The summed E-state index contributed by atoms with van der Waals surface area (Å²) < 4.78 is 1.84. The summed E-state index contributed by atoms with van der Waals surface area (Å²) in [7, 11) is 0. The van der Waals surface area contributed by atoms with Crippen molar-refractivity contribution in [3.63, 3.8) is 0 Å². The van der Waals surface area contributed by atoms with Crippen LogP contribution in [0, 0.1) is 13.8 Å². The predicted octanol–water partition coefficient (Wildman–Crippen LogP) is 2.60. The zero-order valence-electron chi connectivity index (χ0n) is 15.8. The molecule has 0 fully saturated rings. The molecule has 1 aliphatic heterocycles. The highest BCUT2D eigenvalue weighted by molar-refractivity contribution is 7.99. The van der Waals surface area contributed by atoms with Crippen LogP contribution < -0.4 is 10.2 Å². The number of para-hydroxylation sites is 2. The fraction of sp³-hybridized carbons (Fsp3) is 0.316. The van der Waals surface area contributed by atoms with E-state index in [1.165, 1.54) is 11.8 Å². The number of carbonyl (C=O) groups is 2. The average molecular weight is 396 g/mol. The van der Waals surface area contributed by atoms with Gasteiger partial charge in [0.2, 0.25) is 11.8 Å². The first-order valence-electron chi connectivity index (χ1n) is 8.97. The molecule has 1 aliphatic rings. The molecule has 9 heteroatoms. The van der Waals surface area contributed by atoms with Gasteiger partial charge in [0, 0.05) is 23.9 Å². The minimum Gasteiger partial charge on any atom is -0.324 e. The van der Waals surface area contributed by atoms with Crippen LogP contribution in [0.5, 0.6) is 0 Å². The van der Waals surface area contributed by atoms with E-state index in [4.69, 9.17) is 0 Å². The predicted molar refractivity (Wildman–Crippen MR) is 108 cm³/mol. The maximum atomic E-state index is 13.1. The van der Waals surface area contributed by atoms with Gasteiger partial charge in [-0.05, 0) is 39.0 Å². The minimum atomic E-state index is -0.238. The van der Waals surface area contributed by atoms with E-state index in [0.717, 1.165) is 11.4 Å². The van der Waals surface area contributed by atoms with Crippen molar-refractivity contribution < 1.29 is 9.59 Å². The molecular formula is C19H20N6O2S. The van der Waals surface area contributed by atoms with E-state index in [-0.39, 0.29) is 30.0 Å². The largest absolute Gasteiger partial charge is 0.324 e. The van der Waals surface area contributed by atoms with Crippen molar-refractivity contribution in [3.05, 3.63) is 41.7 Å². The van der Waals surface area contributed by atoms with Crippen LogP contribution in [0.1, 0.15) is 24.7 Å². The summed E-state index contributed by atoms with van der Waals surface area (Å²) >= 11 is 1.32. The third-order valence-electron chi connectivity index (χ3n) is 4.62. The van der Waals surface area contributed by atoms with E-state index < -0.39 is 0 Å². The van der Waals surface area contributed by atoms with E-state index in [2.05, 4.69) is 20.5 Å². The number of aromatic nitrogens is 4. The number of carbonyl (C=O) groups excluding carboxylic acids is 2. The van der Waals surface area contributed by atoms with Gasteiger partial charge in [-0.25, -0.2) is 4.98 Å². The summed E-state index contributed by atoms with van der Waals surface area (Å²) in [5, 5.41) is 11.8. The molecule has 144 valence electrons. The van der Waals surface area contributed by atoms with Gasteiger partial charge >= 0.3 is 0 Å². The van der Waals surface area contributed by atoms with Crippen LogP contribution in [0.2, 0.25) is 0 Å². The highest BCUT2D eigenvalue weighted by atomic mass is 32.2. The van der Waals surface area contributed by atoms with E-state index >= 15 is 0 Å². The molecule has 28 heavy (non-hydrogen) atoms. The quantitative estimate of drug-likeness (QED) is 0.684. The van der Waals surface area contributed by atoms with Gasteiger partial charge in [0.25, 0.3) is 5.78 Å². The second kappa shape index (κ2) is 7.23. The number of anilines is 2. The molecule has 3 heterocycles. The van der Waals surface area contributed by atoms with Crippen LogP contribution in [0.25, 0.3) is 5.78 Å². The number of nitrogens with one attached hydrogen (secondary N) is 1. The monoisotopic (exact) mass is 396 g/mol. The Morgan fingerprint density at radius 2 is 2.07 bits per heavy atom. The van der Waals surface area contributed by atoms with Crippen molar-refractivity contribution in [3.8, 4) is 0 Å². The van der Waals surface area contributed by atoms with Crippen molar-refractivity contribution >= 4 is 40.7 Å². The standard InChI is InChI=1S/C19H20N6O2S/c1-11-8-12(2)25-18(20-11)22-23-19(25)28-10-17(27)24-13(3)9-16(26)21-14-6-4-5-7-15(14)24/h4-8,13H,9-10H2,1-3H3,(H,21,26). The summed E-state index contributed by atoms with van der Waals surface area (Å²) in [6.45, 7) is 5.75. The van der Waals surface area contributed by atoms with E-state index in [9.17, 15) is 9.59 Å². The van der Waals surface area contributed by atoms with E-state index in [1.54, 1.807) is 4.90 Å². The molecular weight excluding hydrogens is 376 g/mol. The lowest BCUT2D eigenvalue weighted by Crippen LogP contribution is -2.40. The highest BCUT2D eigenvalue weighted by Gasteiger charge is 2.29. The van der Waals surface area contributed by atoms with Gasteiger partial charge in [0.1, 0.15) is 0 Å². The first kappa shape index (κ1) is 18.4. The van der Waals surface area contributed by atoms with Crippen LogP contribution >= 0.6 is 11.8 Å². The van der Waals surface area contributed by atoms with Crippen LogP contribution in [0.15, 0.2) is 35.5 Å². The number of rotatable bonds is 3. The van der Waals surface area contributed by atoms with Crippen LogP contribution in [-0.4, -0.2) is 43.2 Å². The molecule has 3 aromatic rings. The molecule has 1 aromatic carbocycles. The lowest BCUT2D eigenvalue weighted by atomic mass is 10.2.